The molecule has 2 aliphatic rings. The first-order valence-electron chi connectivity index (χ1n) is 9.95. The Bertz CT molecular complexity index is 1160. The van der Waals surface area contributed by atoms with Gasteiger partial charge in [0, 0.05) is 37.0 Å². The number of alkyl halides is 1. The fraction of sp³-hybridized carbons (Fsp3) is 0.381. The standard InChI is InChI=1S/C21H19F4N3O4/c1-9-14(23)3-2-11-7-27(9)21(32)17-19(30)18(29)13(8-28(11)17)20(31)26-6-12-15(24)4-10(22)5-16(12)25/h4-5,8-9,11,14,30H,2-3,6-7H2,1H3,(H,26,31)/t9-,11-,14+/m0/s1. The van der Waals surface area contributed by atoms with E-state index >= 15 is 0 Å². The molecule has 0 aliphatic carbocycles. The maximum Gasteiger partial charge on any atom is 0.274 e. The number of hydrogen-bond donors (Lipinski definition) is 2. The summed E-state index contributed by atoms with van der Waals surface area (Å²) < 4.78 is 56.3. The molecule has 1 aromatic heterocycles. The van der Waals surface area contributed by atoms with Crippen LogP contribution in [-0.4, -0.2) is 45.1 Å². The summed E-state index contributed by atoms with van der Waals surface area (Å²) in [6.07, 6.45) is 0.258. The molecule has 1 saturated heterocycles. The summed E-state index contributed by atoms with van der Waals surface area (Å²) in [5.74, 6) is -6.29. The summed E-state index contributed by atoms with van der Waals surface area (Å²) in [5.41, 5.74) is -2.64. The molecular formula is C21H19F4N3O4. The molecule has 2 N–H and O–H groups in total. The summed E-state index contributed by atoms with van der Waals surface area (Å²) in [4.78, 5) is 39.3. The number of fused-ring (bicyclic) bond motifs is 4. The van der Waals surface area contributed by atoms with E-state index in [2.05, 4.69) is 5.32 Å². The van der Waals surface area contributed by atoms with E-state index in [1.807, 2.05) is 0 Å². The van der Waals surface area contributed by atoms with Crippen LogP contribution in [-0.2, 0) is 6.54 Å². The van der Waals surface area contributed by atoms with Crippen LogP contribution in [0.25, 0.3) is 0 Å². The number of hydrogen-bond acceptors (Lipinski definition) is 4. The minimum Gasteiger partial charge on any atom is -0.503 e. The number of rotatable bonds is 3. The molecule has 0 spiro atoms. The highest BCUT2D eigenvalue weighted by Crippen LogP contribution is 2.35. The van der Waals surface area contributed by atoms with E-state index in [4.69, 9.17) is 0 Å². The second kappa shape index (κ2) is 7.95. The van der Waals surface area contributed by atoms with Gasteiger partial charge in [-0.15, -0.1) is 0 Å². The van der Waals surface area contributed by atoms with E-state index in [9.17, 15) is 37.1 Å². The highest BCUT2D eigenvalue weighted by molar-refractivity contribution is 5.99. The van der Waals surface area contributed by atoms with Crippen molar-refractivity contribution < 1.29 is 32.3 Å². The van der Waals surface area contributed by atoms with Gasteiger partial charge in [0.1, 0.15) is 29.2 Å². The zero-order chi connectivity index (χ0) is 23.3. The predicted octanol–water partition coefficient (Wildman–Crippen LogP) is 2.42. The lowest BCUT2D eigenvalue weighted by Gasteiger charge is -2.37. The van der Waals surface area contributed by atoms with Gasteiger partial charge in [-0.05, 0) is 19.8 Å². The number of halogens is 4. The summed E-state index contributed by atoms with van der Waals surface area (Å²) in [6, 6.07) is -0.311. The van der Waals surface area contributed by atoms with Crippen molar-refractivity contribution >= 4 is 11.8 Å². The Morgan fingerprint density at radius 2 is 1.84 bits per heavy atom. The van der Waals surface area contributed by atoms with Crippen LogP contribution in [0.3, 0.4) is 0 Å². The minimum absolute atomic E-state index is 0.142. The molecule has 0 radical (unpaired) electrons. The topological polar surface area (TPSA) is 91.6 Å². The van der Waals surface area contributed by atoms with E-state index in [0.717, 1.165) is 6.20 Å². The Kier molecular flexibility index (Phi) is 5.43. The van der Waals surface area contributed by atoms with Gasteiger partial charge in [0.15, 0.2) is 11.4 Å². The lowest BCUT2D eigenvalue weighted by molar-refractivity contribution is 0.0531. The SMILES string of the molecule is C[C@H]1[C@H](F)CC[C@H]2CN1C(=O)c1c(O)c(=O)c(C(=O)NCc3c(F)cc(F)cc3F)cn12. The predicted molar refractivity (Wildman–Crippen MR) is 104 cm³/mol. The van der Waals surface area contributed by atoms with Crippen LogP contribution < -0.4 is 10.7 Å². The van der Waals surface area contributed by atoms with Crippen LogP contribution in [0.4, 0.5) is 17.6 Å². The first-order valence-corrected chi connectivity index (χ1v) is 9.95. The van der Waals surface area contributed by atoms with Gasteiger partial charge in [-0.2, -0.15) is 0 Å². The zero-order valence-electron chi connectivity index (χ0n) is 16.9. The molecule has 1 fully saturated rings. The van der Waals surface area contributed by atoms with Gasteiger partial charge >= 0.3 is 0 Å². The number of carbonyl (C=O) groups excluding carboxylic acids is 2. The molecule has 170 valence electrons. The molecule has 32 heavy (non-hydrogen) atoms. The van der Waals surface area contributed by atoms with Crippen LogP contribution in [0, 0.1) is 17.5 Å². The van der Waals surface area contributed by atoms with Crippen molar-refractivity contribution in [2.75, 3.05) is 6.54 Å². The smallest absolute Gasteiger partial charge is 0.274 e. The Balaban J connectivity index is 1.68. The van der Waals surface area contributed by atoms with E-state index in [1.165, 1.54) is 9.47 Å². The van der Waals surface area contributed by atoms with Crippen molar-refractivity contribution in [2.24, 2.45) is 0 Å². The highest BCUT2D eigenvalue weighted by atomic mass is 19.1. The average molecular weight is 453 g/mol. The Labute approximate surface area is 179 Å². The van der Waals surface area contributed by atoms with E-state index in [-0.39, 0.29) is 18.7 Å². The summed E-state index contributed by atoms with van der Waals surface area (Å²) in [6.45, 7) is 1.00. The van der Waals surface area contributed by atoms with Crippen LogP contribution in [0.1, 0.15) is 52.2 Å². The minimum atomic E-state index is -1.28. The van der Waals surface area contributed by atoms with Crippen molar-refractivity contribution in [1.29, 1.82) is 0 Å². The zero-order valence-corrected chi connectivity index (χ0v) is 16.9. The van der Waals surface area contributed by atoms with E-state index in [0.29, 0.717) is 18.6 Å². The van der Waals surface area contributed by atoms with Crippen LogP contribution in [0.15, 0.2) is 23.1 Å². The number of aromatic hydroxyl groups is 1. The number of amides is 2. The monoisotopic (exact) mass is 453 g/mol. The van der Waals surface area contributed by atoms with Crippen molar-refractivity contribution in [1.82, 2.24) is 14.8 Å². The van der Waals surface area contributed by atoms with E-state index in [1.54, 1.807) is 6.92 Å². The number of pyridine rings is 1. The maximum atomic E-state index is 14.3. The number of aromatic nitrogens is 1. The third kappa shape index (κ3) is 3.51. The molecule has 2 aliphatic heterocycles. The van der Waals surface area contributed by atoms with Crippen LogP contribution in [0.2, 0.25) is 0 Å². The average Bonchev–Trinajstić information content (AvgIpc) is 2.85. The lowest BCUT2D eigenvalue weighted by Crippen LogP contribution is -2.49. The molecule has 0 saturated carbocycles. The van der Waals surface area contributed by atoms with Crippen molar-refractivity contribution in [3.05, 3.63) is 62.8 Å². The number of nitrogens with zero attached hydrogens (tertiary/aromatic N) is 2. The fourth-order valence-corrected chi connectivity index (χ4v) is 4.19. The fourth-order valence-electron chi connectivity index (χ4n) is 4.19. The third-order valence-corrected chi connectivity index (χ3v) is 6.04. The van der Waals surface area contributed by atoms with Gasteiger partial charge in [0.25, 0.3) is 11.8 Å². The van der Waals surface area contributed by atoms with E-state index < -0.39 is 76.4 Å². The Hall–Kier alpha value is -3.37. The number of carbonyl (C=O) groups is 2. The van der Waals surface area contributed by atoms with Gasteiger partial charge in [0.05, 0.1) is 12.1 Å². The molecule has 1 aromatic carbocycles. The molecule has 3 heterocycles. The lowest BCUT2D eigenvalue weighted by atomic mass is 10.1. The van der Waals surface area contributed by atoms with Gasteiger partial charge in [0.2, 0.25) is 5.43 Å². The second-order valence-electron chi connectivity index (χ2n) is 7.95. The van der Waals surface area contributed by atoms with Crippen molar-refractivity contribution in [3.8, 4) is 5.75 Å². The quantitative estimate of drug-likeness (QED) is 0.699. The van der Waals surface area contributed by atoms with Gasteiger partial charge in [-0.25, -0.2) is 17.6 Å². The largest absolute Gasteiger partial charge is 0.503 e. The molecule has 11 heteroatoms. The Morgan fingerprint density at radius 1 is 1.19 bits per heavy atom. The second-order valence-corrected chi connectivity index (χ2v) is 7.95. The summed E-state index contributed by atoms with van der Waals surface area (Å²) >= 11 is 0. The number of nitrogens with one attached hydrogen (secondary N) is 1. The molecule has 0 unspecified atom stereocenters. The maximum absolute atomic E-state index is 14.3. The molecule has 2 bridgehead atoms. The van der Waals surface area contributed by atoms with Gasteiger partial charge in [-0.1, -0.05) is 0 Å². The normalized spacial score (nSPS) is 22.3. The molecule has 7 nitrogen and oxygen atoms in total. The van der Waals surface area contributed by atoms with Crippen molar-refractivity contribution in [2.45, 2.75) is 44.6 Å². The molecular weight excluding hydrogens is 434 g/mol. The van der Waals surface area contributed by atoms with Crippen LogP contribution in [0.5, 0.6) is 5.75 Å². The molecule has 3 atom stereocenters. The number of benzene rings is 1. The Morgan fingerprint density at radius 3 is 2.50 bits per heavy atom. The van der Waals surface area contributed by atoms with Crippen molar-refractivity contribution in [3.63, 3.8) is 0 Å². The highest BCUT2D eigenvalue weighted by Gasteiger charge is 2.41. The first kappa shape index (κ1) is 21.8. The van der Waals surface area contributed by atoms with Crippen LogP contribution >= 0.6 is 0 Å². The molecule has 2 amide bonds. The molecule has 2 aromatic rings. The van der Waals surface area contributed by atoms with Gasteiger partial charge < -0.3 is 19.9 Å². The first-order chi connectivity index (χ1) is 15.1. The summed E-state index contributed by atoms with van der Waals surface area (Å²) in [5, 5.41) is 12.6. The summed E-state index contributed by atoms with van der Waals surface area (Å²) in [7, 11) is 0. The van der Waals surface area contributed by atoms with Gasteiger partial charge in [-0.3, -0.25) is 14.4 Å². The molecule has 4 rings (SSSR count). The third-order valence-electron chi connectivity index (χ3n) is 6.04.